The lowest BCUT2D eigenvalue weighted by molar-refractivity contribution is 0.599. The van der Waals surface area contributed by atoms with E-state index in [1.165, 1.54) is 25.2 Å². The molecule has 0 bridgehead atoms. The Morgan fingerprint density at radius 3 is 2.88 bits per heavy atom. The highest BCUT2D eigenvalue weighted by Crippen LogP contribution is 2.39. The number of imidazole rings is 1. The molecule has 1 aromatic rings. The molecule has 4 nitrogen and oxygen atoms in total. The standard InChI is InChI=1S/C12H20N4/c1-9-7-16(11-2-3-11)12(14-9)15-5-4-10(6-13)8-15/h7,10-11H,2-6,8,13H2,1H3. The van der Waals surface area contributed by atoms with Crippen LogP contribution in [0.4, 0.5) is 5.95 Å². The zero-order valence-electron chi connectivity index (χ0n) is 9.89. The summed E-state index contributed by atoms with van der Waals surface area (Å²) in [4.78, 5) is 7.08. The van der Waals surface area contributed by atoms with Crippen LogP contribution in [0, 0.1) is 12.8 Å². The van der Waals surface area contributed by atoms with Crippen molar-refractivity contribution in [2.24, 2.45) is 11.7 Å². The number of anilines is 1. The van der Waals surface area contributed by atoms with Crippen LogP contribution in [0.5, 0.6) is 0 Å². The third-order valence-electron chi connectivity index (χ3n) is 3.68. The van der Waals surface area contributed by atoms with E-state index >= 15 is 0 Å². The molecule has 0 spiro atoms. The highest BCUT2D eigenvalue weighted by molar-refractivity contribution is 5.36. The number of hydrogen-bond acceptors (Lipinski definition) is 3. The Morgan fingerprint density at radius 2 is 2.25 bits per heavy atom. The van der Waals surface area contributed by atoms with Crippen LogP contribution in [0.15, 0.2) is 6.20 Å². The molecule has 1 unspecified atom stereocenters. The second-order valence-corrected chi connectivity index (χ2v) is 5.16. The summed E-state index contributed by atoms with van der Waals surface area (Å²) in [5, 5.41) is 0. The first kappa shape index (κ1) is 10.1. The van der Waals surface area contributed by atoms with Crippen molar-refractivity contribution in [3.05, 3.63) is 11.9 Å². The summed E-state index contributed by atoms with van der Waals surface area (Å²) in [7, 11) is 0. The summed E-state index contributed by atoms with van der Waals surface area (Å²) in [6.07, 6.45) is 6.05. The van der Waals surface area contributed by atoms with Gasteiger partial charge in [0.15, 0.2) is 0 Å². The smallest absolute Gasteiger partial charge is 0.205 e. The average molecular weight is 220 g/mol. The molecule has 16 heavy (non-hydrogen) atoms. The molecule has 2 N–H and O–H groups in total. The van der Waals surface area contributed by atoms with Gasteiger partial charge in [-0.1, -0.05) is 0 Å². The van der Waals surface area contributed by atoms with E-state index in [-0.39, 0.29) is 0 Å². The molecule has 1 saturated heterocycles. The van der Waals surface area contributed by atoms with Crippen molar-refractivity contribution in [3.63, 3.8) is 0 Å². The Hall–Kier alpha value is -1.03. The minimum atomic E-state index is 0.657. The summed E-state index contributed by atoms with van der Waals surface area (Å²) >= 11 is 0. The fourth-order valence-electron chi connectivity index (χ4n) is 2.57. The summed E-state index contributed by atoms with van der Waals surface area (Å²) in [6.45, 7) is 5.09. The van der Waals surface area contributed by atoms with Crippen LogP contribution in [-0.2, 0) is 0 Å². The number of nitrogens with zero attached hydrogens (tertiary/aromatic N) is 3. The van der Waals surface area contributed by atoms with Crippen molar-refractivity contribution in [2.75, 3.05) is 24.5 Å². The van der Waals surface area contributed by atoms with Crippen LogP contribution in [0.25, 0.3) is 0 Å². The van der Waals surface area contributed by atoms with Crippen LogP contribution < -0.4 is 10.6 Å². The van der Waals surface area contributed by atoms with Crippen molar-refractivity contribution < 1.29 is 0 Å². The molecule has 1 aromatic heterocycles. The molecule has 1 aliphatic heterocycles. The highest BCUT2D eigenvalue weighted by atomic mass is 15.3. The molecule has 1 atom stereocenters. The molecule has 88 valence electrons. The topological polar surface area (TPSA) is 47.1 Å². The van der Waals surface area contributed by atoms with Crippen LogP contribution in [0.3, 0.4) is 0 Å². The van der Waals surface area contributed by atoms with Gasteiger partial charge < -0.3 is 15.2 Å². The number of aromatic nitrogens is 2. The molecule has 0 aromatic carbocycles. The van der Waals surface area contributed by atoms with Gasteiger partial charge in [0.2, 0.25) is 5.95 Å². The van der Waals surface area contributed by atoms with Gasteiger partial charge in [-0.25, -0.2) is 4.98 Å². The molecule has 2 aliphatic rings. The van der Waals surface area contributed by atoms with E-state index in [1.807, 2.05) is 0 Å². The maximum atomic E-state index is 5.74. The van der Waals surface area contributed by atoms with E-state index in [2.05, 4.69) is 27.6 Å². The maximum Gasteiger partial charge on any atom is 0.205 e. The molecule has 1 aliphatic carbocycles. The summed E-state index contributed by atoms with van der Waals surface area (Å²) in [5.41, 5.74) is 6.87. The third-order valence-corrected chi connectivity index (χ3v) is 3.68. The minimum absolute atomic E-state index is 0.657. The van der Waals surface area contributed by atoms with E-state index < -0.39 is 0 Å². The maximum absolute atomic E-state index is 5.74. The van der Waals surface area contributed by atoms with Crippen LogP contribution in [0.1, 0.15) is 31.0 Å². The van der Waals surface area contributed by atoms with Gasteiger partial charge in [-0.2, -0.15) is 0 Å². The Kier molecular flexibility index (Phi) is 2.39. The number of hydrogen-bond donors (Lipinski definition) is 1. The van der Waals surface area contributed by atoms with E-state index in [9.17, 15) is 0 Å². The Labute approximate surface area is 96.4 Å². The lowest BCUT2D eigenvalue weighted by Gasteiger charge is -2.18. The van der Waals surface area contributed by atoms with Crippen LogP contribution in [-0.4, -0.2) is 29.2 Å². The summed E-state index contributed by atoms with van der Waals surface area (Å²) in [5.74, 6) is 1.83. The lowest BCUT2D eigenvalue weighted by Crippen LogP contribution is -2.25. The fraction of sp³-hybridized carbons (Fsp3) is 0.750. The van der Waals surface area contributed by atoms with Gasteiger partial charge in [0.25, 0.3) is 0 Å². The Morgan fingerprint density at radius 1 is 1.44 bits per heavy atom. The molecule has 0 amide bonds. The molecule has 2 fully saturated rings. The molecule has 1 saturated carbocycles. The normalized spacial score (nSPS) is 25.4. The van der Waals surface area contributed by atoms with E-state index in [0.717, 1.165) is 25.3 Å². The molecular weight excluding hydrogens is 200 g/mol. The average Bonchev–Trinajstić information content (AvgIpc) is 2.88. The molecular formula is C12H20N4. The molecule has 0 radical (unpaired) electrons. The highest BCUT2D eigenvalue weighted by Gasteiger charge is 2.30. The third kappa shape index (κ3) is 1.71. The fourth-order valence-corrected chi connectivity index (χ4v) is 2.57. The first-order valence-corrected chi connectivity index (χ1v) is 6.28. The largest absolute Gasteiger partial charge is 0.342 e. The van der Waals surface area contributed by atoms with Crippen molar-refractivity contribution in [1.29, 1.82) is 0 Å². The monoisotopic (exact) mass is 220 g/mol. The van der Waals surface area contributed by atoms with Gasteiger partial charge in [-0.15, -0.1) is 0 Å². The SMILES string of the molecule is Cc1cn(C2CC2)c(N2CCC(CN)C2)n1. The molecule has 2 heterocycles. The summed E-state index contributed by atoms with van der Waals surface area (Å²) < 4.78 is 2.37. The van der Waals surface area contributed by atoms with Gasteiger partial charge in [0.05, 0.1) is 5.69 Å². The Bertz CT molecular complexity index is 380. The zero-order chi connectivity index (χ0) is 11.1. The van der Waals surface area contributed by atoms with Crippen molar-refractivity contribution in [3.8, 4) is 0 Å². The van der Waals surface area contributed by atoms with Crippen molar-refractivity contribution in [1.82, 2.24) is 9.55 Å². The lowest BCUT2D eigenvalue weighted by atomic mass is 10.1. The summed E-state index contributed by atoms with van der Waals surface area (Å²) in [6, 6.07) is 0.716. The first-order valence-electron chi connectivity index (χ1n) is 6.28. The predicted molar refractivity (Wildman–Crippen MR) is 64.6 cm³/mol. The van der Waals surface area contributed by atoms with Crippen LogP contribution >= 0.6 is 0 Å². The number of rotatable bonds is 3. The molecule has 4 heteroatoms. The predicted octanol–water partition coefficient (Wildman–Crippen LogP) is 1.31. The molecule has 3 rings (SSSR count). The second kappa shape index (κ2) is 3.77. The van der Waals surface area contributed by atoms with Gasteiger partial charge in [0, 0.05) is 25.3 Å². The van der Waals surface area contributed by atoms with Gasteiger partial charge in [-0.3, -0.25) is 0 Å². The number of aryl methyl sites for hydroxylation is 1. The minimum Gasteiger partial charge on any atom is -0.342 e. The Balaban J connectivity index is 1.83. The van der Waals surface area contributed by atoms with Crippen molar-refractivity contribution >= 4 is 5.95 Å². The second-order valence-electron chi connectivity index (χ2n) is 5.16. The van der Waals surface area contributed by atoms with E-state index in [1.54, 1.807) is 0 Å². The quantitative estimate of drug-likeness (QED) is 0.835. The van der Waals surface area contributed by atoms with Gasteiger partial charge in [0.1, 0.15) is 0 Å². The number of nitrogens with two attached hydrogens (primary N) is 1. The van der Waals surface area contributed by atoms with E-state index in [4.69, 9.17) is 5.73 Å². The zero-order valence-corrected chi connectivity index (χ0v) is 9.89. The van der Waals surface area contributed by atoms with Crippen molar-refractivity contribution in [2.45, 2.75) is 32.2 Å². The van der Waals surface area contributed by atoms with Gasteiger partial charge in [-0.05, 0) is 38.6 Å². The van der Waals surface area contributed by atoms with Crippen LogP contribution in [0.2, 0.25) is 0 Å². The van der Waals surface area contributed by atoms with Gasteiger partial charge >= 0.3 is 0 Å². The first-order chi connectivity index (χ1) is 7.78. The van der Waals surface area contributed by atoms with E-state index in [0.29, 0.717) is 12.0 Å².